The number of hydrogen-bond donors (Lipinski definition) is 1. The summed E-state index contributed by atoms with van der Waals surface area (Å²) in [5, 5.41) is 3.52. The highest BCUT2D eigenvalue weighted by atomic mass is 35.5. The van der Waals surface area contributed by atoms with Gasteiger partial charge >= 0.3 is 0 Å². The molecule has 0 spiro atoms. The van der Waals surface area contributed by atoms with Gasteiger partial charge in [0, 0.05) is 23.7 Å². The molecule has 0 saturated heterocycles. The molecule has 0 aliphatic rings. The maximum atomic E-state index is 5.84. The van der Waals surface area contributed by atoms with Crippen molar-refractivity contribution in [1.29, 1.82) is 0 Å². The predicted molar refractivity (Wildman–Crippen MR) is 62.4 cm³/mol. The van der Waals surface area contributed by atoms with Crippen molar-refractivity contribution >= 4 is 11.6 Å². The third kappa shape index (κ3) is 4.49. The van der Waals surface area contributed by atoms with Gasteiger partial charge in [0.05, 0.1) is 7.11 Å². The number of hydrogen-bond acceptors (Lipinski definition) is 3. The number of methoxy groups -OCH3 is 1. The van der Waals surface area contributed by atoms with Crippen LogP contribution >= 0.6 is 11.6 Å². The highest BCUT2D eigenvalue weighted by Crippen LogP contribution is 2.12. The van der Waals surface area contributed by atoms with E-state index in [2.05, 4.69) is 10.3 Å². The first-order valence-electron chi connectivity index (χ1n) is 5.06. The summed E-state index contributed by atoms with van der Waals surface area (Å²) in [5.41, 5.74) is 1.07. The first-order valence-corrected chi connectivity index (χ1v) is 5.50. The highest BCUT2D eigenvalue weighted by Gasteiger charge is 2.02. The second-order valence-electron chi connectivity index (χ2n) is 3.42. The van der Waals surface area contributed by atoms with Crippen molar-refractivity contribution in [3.05, 3.63) is 23.9 Å². The Balaban J connectivity index is 2.36. The van der Waals surface area contributed by atoms with Crippen molar-refractivity contribution in [3.63, 3.8) is 0 Å². The largest absolute Gasteiger partial charge is 0.481 e. The van der Waals surface area contributed by atoms with Crippen LogP contribution in [0.2, 0.25) is 0 Å². The van der Waals surface area contributed by atoms with Gasteiger partial charge in [-0.25, -0.2) is 4.98 Å². The van der Waals surface area contributed by atoms with Gasteiger partial charge in [0.1, 0.15) is 0 Å². The summed E-state index contributed by atoms with van der Waals surface area (Å²) in [6.07, 6.45) is 2.69. The lowest BCUT2D eigenvalue weighted by Gasteiger charge is -2.08. The third-order valence-electron chi connectivity index (χ3n) is 2.08. The molecule has 0 bridgehead atoms. The van der Waals surface area contributed by atoms with E-state index in [1.165, 1.54) is 0 Å². The quantitative estimate of drug-likeness (QED) is 0.599. The van der Waals surface area contributed by atoms with Crippen LogP contribution < -0.4 is 10.1 Å². The summed E-state index contributed by atoms with van der Waals surface area (Å²) in [5.74, 6) is 0.684. The zero-order valence-corrected chi connectivity index (χ0v) is 9.92. The van der Waals surface area contributed by atoms with Crippen molar-refractivity contribution in [1.82, 2.24) is 10.3 Å². The standard InChI is InChI=1S/C11H17ClN2O/c1-9(12)5-7-13-8-10-4-3-6-14-11(10)15-2/h3-4,6,9,13H,5,7-8H2,1-2H3. The highest BCUT2D eigenvalue weighted by molar-refractivity contribution is 6.20. The minimum absolute atomic E-state index is 0.216. The van der Waals surface area contributed by atoms with E-state index in [1.54, 1.807) is 13.3 Å². The van der Waals surface area contributed by atoms with Gasteiger partial charge in [-0.15, -0.1) is 11.6 Å². The SMILES string of the molecule is COc1ncccc1CNCCC(C)Cl. The van der Waals surface area contributed by atoms with Crippen LogP contribution in [0, 0.1) is 0 Å². The molecule has 1 aromatic heterocycles. The molecule has 4 heteroatoms. The molecule has 0 aliphatic heterocycles. The topological polar surface area (TPSA) is 34.1 Å². The zero-order chi connectivity index (χ0) is 11.1. The van der Waals surface area contributed by atoms with E-state index in [-0.39, 0.29) is 5.38 Å². The average Bonchev–Trinajstić information content (AvgIpc) is 2.24. The first-order chi connectivity index (χ1) is 7.24. The molecule has 15 heavy (non-hydrogen) atoms. The Labute approximate surface area is 95.8 Å². The van der Waals surface area contributed by atoms with E-state index < -0.39 is 0 Å². The van der Waals surface area contributed by atoms with Gasteiger partial charge < -0.3 is 10.1 Å². The Hall–Kier alpha value is -0.800. The van der Waals surface area contributed by atoms with Crippen molar-refractivity contribution in [3.8, 4) is 5.88 Å². The van der Waals surface area contributed by atoms with E-state index >= 15 is 0 Å². The lowest BCUT2D eigenvalue weighted by atomic mass is 10.2. The molecule has 0 amide bonds. The Morgan fingerprint density at radius 3 is 3.07 bits per heavy atom. The molecule has 0 aliphatic carbocycles. The van der Waals surface area contributed by atoms with Gasteiger partial charge in [0.25, 0.3) is 0 Å². The van der Waals surface area contributed by atoms with Crippen LogP contribution in [0.15, 0.2) is 18.3 Å². The lowest BCUT2D eigenvalue weighted by Crippen LogP contribution is -2.17. The molecule has 1 N–H and O–H groups in total. The van der Waals surface area contributed by atoms with Gasteiger partial charge in [-0.3, -0.25) is 0 Å². The van der Waals surface area contributed by atoms with Crippen LogP contribution in [0.5, 0.6) is 5.88 Å². The molecule has 1 rings (SSSR count). The molecule has 1 unspecified atom stereocenters. The van der Waals surface area contributed by atoms with Crippen molar-refractivity contribution in [2.45, 2.75) is 25.3 Å². The fourth-order valence-corrected chi connectivity index (χ4v) is 1.38. The second-order valence-corrected chi connectivity index (χ2v) is 4.16. The van der Waals surface area contributed by atoms with Gasteiger partial charge in [-0.05, 0) is 26.0 Å². The molecular formula is C11H17ClN2O. The van der Waals surface area contributed by atoms with Gasteiger partial charge in [0.15, 0.2) is 0 Å². The van der Waals surface area contributed by atoms with Gasteiger partial charge in [-0.1, -0.05) is 6.07 Å². The number of nitrogens with zero attached hydrogens (tertiary/aromatic N) is 1. The Bertz CT molecular complexity index is 292. The maximum absolute atomic E-state index is 5.84. The summed E-state index contributed by atoms with van der Waals surface area (Å²) in [7, 11) is 1.63. The van der Waals surface area contributed by atoms with Crippen LogP contribution in [0.4, 0.5) is 0 Å². The molecule has 0 fully saturated rings. The van der Waals surface area contributed by atoms with E-state index in [0.717, 1.165) is 25.1 Å². The van der Waals surface area contributed by atoms with Crippen molar-refractivity contribution in [2.24, 2.45) is 0 Å². The number of halogens is 1. The minimum atomic E-state index is 0.216. The Morgan fingerprint density at radius 1 is 1.60 bits per heavy atom. The number of pyridine rings is 1. The van der Waals surface area contributed by atoms with E-state index in [4.69, 9.17) is 16.3 Å². The summed E-state index contributed by atoms with van der Waals surface area (Å²) >= 11 is 5.84. The van der Waals surface area contributed by atoms with Crippen LogP contribution in [-0.4, -0.2) is 24.0 Å². The number of alkyl halides is 1. The van der Waals surface area contributed by atoms with Gasteiger partial charge in [-0.2, -0.15) is 0 Å². The molecular weight excluding hydrogens is 212 g/mol. The monoisotopic (exact) mass is 228 g/mol. The first kappa shape index (κ1) is 12.3. The lowest BCUT2D eigenvalue weighted by molar-refractivity contribution is 0.390. The van der Waals surface area contributed by atoms with Crippen LogP contribution in [0.3, 0.4) is 0 Å². The fourth-order valence-electron chi connectivity index (χ4n) is 1.27. The summed E-state index contributed by atoms with van der Waals surface area (Å²) < 4.78 is 5.15. The summed E-state index contributed by atoms with van der Waals surface area (Å²) in [4.78, 5) is 4.12. The van der Waals surface area contributed by atoms with E-state index in [0.29, 0.717) is 5.88 Å². The second kappa shape index (κ2) is 6.64. The van der Waals surface area contributed by atoms with Crippen LogP contribution in [0.25, 0.3) is 0 Å². The van der Waals surface area contributed by atoms with Crippen molar-refractivity contribution in [2.75, 3.05) is 13.7 Å². The van der Waals surface area contributed by atoms with Crippen LogP contribution in [-0.2, 0) is 6.54 Å². The average molecular weight is 229 g/mol. The molecule has 84 valence electrons. The molecule has 1 atom stereocenters. The van der Waals surface area contributed by atoms with Crippen LogP contribution in [0.1, 0.15) is 18.9 Å². The number of aromatic nitrogens is 1. The molecule has 3 nitrogen and oxygen atoms in total. The predicted octanol–water partition coefficient (Wildman–Crippen LogP) is 2.20. The normalized spacial score (nSPS) is 12.5. The molecule has 0 saturated carbocycles. The Morgan fingerprint density at radius 2 is 2.40 bits per heavy atom. The molecule has 0 aromatic carbocycles. The molecule has 0 radical (unpaired) electrons. The summed E-state index contributed by atoms with van der Waals surface area (Å²) in [6, 6.07) is 3.91. The zero-order valence-electron chi connectivity index (χ0n) is 9.16. The van der Waals surface area contributed by atoms with Crippen molar-refractivity contribution < 1.29 is 4.74 Å². The third-order valence-corrected chi connectivity index (χ3v) is 2.30. The molecule has 1 aromatic rings. The maximum Gasteiger partial charge on any atom is 0.217 e. The minimum Gasteiger partial charge on any atom is -0.481 e. The summed E-state index contributed by atoms with van der Waals surface area (Å²) in [6.45, 7) is 3.66. The molecule has 1 heterocycles. The van der Waals surface area contributed by atoms with E-state index in [1.807, 2.05) is 19.1 Å². The van der Waals surface area contributed by atoms with E-state index in [9.17, 15) is 0 Å². The number of nitrogens with one attached hydrogen (secondary N) is 1. The number of ether oxygens (including phenoxy) is 1. The number of rotatable bonds is 6. The Kier molecular flexibility index (Phi) is 5.43. The van der Waals surface area contributed by atoms with Gasteiger partial charge in [0.2, 0.25) is 5.88 Å². The smallest absolute Gasteiger partial charge is 0.217 e. The fraction of sp³-hybridized carbons (Fsp3) is 0.545.